The Morgan fingerprint density at radius 3 is 2.96 bits per heavy atom. The average Bonchev–Trinajstić information content (AvgIpc) is 3.13. The van der Waals surface area contributed by atoms with Gasteiger partial charge in [-0.25, -0.2) is 0 Å². The van der Waals surface area contributed by atoms with Crippen LogP contribution >= 0.6 is 0 Å². The third-order valence-electron chi connectivity index (χ3n) is 4.39. The summed E-state index contributed by atoms with van der Waals surface area (Å²) < 4.78 is 12.6. The summed E-state index contributed by atoms with van der Waals surface area (Å²) in [6.07, 6.45) is 3.62. The third kappa shape index (κ3) is 3.14. The Balaban J connectivity index is 1.95. The molecule has 0 aliphatic carbocycles. The van der Waals surface area contributed by atoms with Crippen molar-refractivity contribution in [1.82, 2.24) is 9.88 Å². The lowest BCUT2D eigenvalue weighted by molar-refractivity contribution is 0.0856. The zero-order valence-corrected chi connectivity index (χ0v) is 14.0. The summed E-state index contributed by atoms with van der Waals surface area (Å²) in [4.78, 5) is 25.2. The minimum Gasteiger partial charge on any atom is -0.497 e. The van der Waals surface area contributed by atoms with Crippen molar-refractivity contribution in [3.05, 3.63) is 40.2 Å². The zero-order chi connectivity index (χ0) is 17.1. The highest BCUT2D eigenvalue weighted by Crippen LogP contribution is 2.19. The van der Waals surface area contributed by atoms with Crippen LogP contribution in [0.3, 0.4) is 0 Å². The first-order chi connectivity index (χ1) is 11.6. The first-order valence-electron chi connectivity index (χ1n) is 8.25. The number of amides is 1. The average molecular weight is 330 g/mol. The second kappa shape index (κ2) is 7.05. The second-order valence-corrected chi connectivity index (χ2v) is 5.89. The number of ether oxygens (including phenoxy) is 2. The highest BCUT2D eigenvalue weighted by molar-refractivity contribution is 5.97. The van der Waals surface area contributed by atoms with Gasteiger partial charge in [0.05, 0.1) is 24.1 Å². The molecule has 6 nitrogen and oxygen atoms in total. The summed E-state index contributed by atoms with van der Waals surface area (Å²) in [7, 11) is 1.55. The van der Waals surface area contributed by atoms with Crippen LogP contribution in [0, 0.1) is 0 Å². The van der Waals surface area contributed by atoms with Gasteiger partial charge in [-0.05, 0) is 38.0 Å². The van der Waals surface area contributed by atoms with Crippen molar-refractivity contribution in [1.29, 1.82) is 0 Å². The molecule has 2 aromatic rings. The maximum absolute atomic E-state index is 12.7. The number of aromatic nitrogens is 1. The van der Waals surface area contributed by atoms with Crippen molar-refractivity contribution in [2.75, 3.05) is 20.3 Å². The van der Waals surface area contributed by atoms with E-state index in [1.807, 2.05) is 23.6 Å². The van der Waals surface area contributed by atoms with Crippen LogP contribution in [0.1, 0.15) is 30.1 Å². The molecule has 0 spiro atoms. The molecule has 1 unspecified atom stereocenters. The predicted octanol–water partition coefficient (Wildman–Crippen LogP) is 1.94. The highest BCUT2D eigenvalue weighted by atomic mass is 16.5. The normalized spacial score (nSPS) is 17.2. The van der Waals surface area contributed by atoms with E-state index < -0.39 is 0 Å². The number of benzene rings is 1. The summed E-state index contributed by atoms with van der Waals surface area (Å²) in [5.41, 5.74) is 0.660. The molecule has 1 N–H and O–H groups in total. The number of carbonyl (C=O) groups is 1. The molecular formula is C18H22N2O4. The molecule has 3 rings (SSSR count). The molecule has 0 radical (unpaired) electrons. The van der Waals surface area contributed by atoms with Crippen LogP contribution in [0.4, 0.5) is 0 Å². The Morgan fingerprint density at radius 1 is 1.46 bits per heavy atom. The topological polar surface area (TPSA) is 69.6 Å². The molecule has 24 heavy (non-hydrogen) atoms. The maximum atomic E-state index is 12.7. The van der Waals surface area contributed by atoms with E-state index in [0.29, 0.717) is 24.2 Å². The standard InChI is InChI=1S/C18H22N2O4/c1-3-20-11-15(18(22)19-10-13-5-4-8-24-13)17(21)14-9-12(23-2)6-7-16(14)20/h6-7,9,11,13H,3-5,8,10H2,1-2H3,(H,19,22). The number of hydrogen-bond acceptors (Lipinski definition) is 4. The smallest absolute Gasteiger partial charge is 0.256 e. The van der Waals surface area contributed by atoms with E-state index in [2.05, 4.69) is 5.32 Å². The van der Waals surface area contributed by atoms with Gasteiger partial charge >= 0.3 is 0 Å². The van der Waals surface area contributed by atoms with Crippen LogP contribution < -0.4 is 15.5 Å². The van der Waals surface area contributed by atoms with E-state index in [0.717, 1.165) is 25.0 Å². The van der Waals surface area contributed by atoms with E-state index in [4.69, 9.17) is 9.47 Å². The molecule has 1 saturated heterocycles. The van der Waals surface area contributed by atoms with Crippen LogP contribution in [0.5, 0.6) is 5.75 Å². The number of hydrogen-bond donors (Lipinski definition) is 1. The minimum absolute atomic E-state index is 0.0444. The fourth-order valence-electron chi connectivity index (χ4n) is 3.03. The van der Waals surface area contributed by atoms with Crippen molar-refractivity contribution in [2.45, 2.75) is 32.4 Å². The van der Waals surface area contributed by atoms with Crippen molar-refractivity contribution >= 4 is 16.8 Å². The molecule has 1 aromatic heterocycles. The van der Waals surface area contributed by atoms with Crippen molar-refractivity contribution in [3.8, 4) is 5.75 Å². The molecule has 1 atom stereocenters. The summed E-state index contributed by atoms with van der Waals surface area (Å²) in [5, 5.41) is 3.30. The molecule has 1 amide bonds. The Kier molecular flexibility index (Phi) is 4.85. The first-order valence-corrected chi connectivity index (χ1v) is 8.25. The minimum atomic E-state index is -0.359. The number of pyridine rings is 1. The molecule has 0 bridgehead atoms. The van der Waals surface area contributed by atoms with Crippen molar-refractivity contribution in [2.24, 2.45) is 0 Å². The maximum Gasteiger partial charge on any atom is 0.256 e. The van der Waals surface area contributed by atoms with Gasteiger partial charge in [0.1, 0.15) is 11.3 Å². The third-order valence-corrected chi connectivity index (χ3v) is 4.39. The van der Waals surface area contributed by atoms with Gasteiger partial charge in [0, 0.05) is 25.9 Å². The van der Waals surface area contributed by atoms with Crippen LogP contribution in [0.2, 0.25) is 0 Å². The quantitative estimate of drug-likeness (QED) is 0.909. The monoisotopic (exact) mass is 330 g/mol. The zero-order valence-electron chi connectivity index (χ0n) is 14.0. The lowest BCUT2D eigenvalue weighted by Gasteiger charge is -2.14. The lowest BCUT2D eigenvalue weighted by atomic mass is 10.1. The SMILES string of the molecule is CCn1cc(C(=O)NCC2CCCO2)c(=O)c2cc(OC)ccc21. The van der Waals surface area contributed by atoms with Gasteiger partial charge < -0.3 is 19.4 Å². The van der Waals surface area contributed by atoms with Gasteiger partial charge in [-0.3, -0.25) is 9.59 Å². The number of rotatable bonds is 5. The fraction of sp³-hybridized carbons (Fsp3) is 0.444. The molecule has 128 valence electrons. The summed E-state index contributed by atoms with van der Waals surface area (Å²) >= 11 is 0. The van der Waals surface area contributed by atoms with Crippen LogP contribution in [0.15, 0.2) is 29.2 Å². The second-order valence-electron chi connectivity index (χ2n) is 5.89. The number of fused-ring (bicyclic) bond motifs is 1. The van der Waals surface area contributed by atoms with Gasteiger partial charge in [-0.1, -0.05) is 0 Å². The molecular weight excluding hydrogens is 308 g/mol. The number of nitrogens with one attached hydrogen (secondary N) is 1. The first kappa shape index (κ1) is 16.5. The summed E-state index contributed by atoms with van der Waals surface area (Å²) in [6, 6.07) is 5.33. The van der Waals surface area contributed by atoms with Crippen LogP contribution in [-0.2, 0) is 11.3 Å². The number of carbonyl (C=O) groups excluding carboxylic acids is 1. The number of aryl methyl sites for hydroxylation is 1. The molecule has 1 aromatic carbocycles. The van der Waals surface area contributed by atoms with Crippen LogP contribution in [0.25, 0.3) is 10.9 Å². The predicted molar refractivity (Wildman–Crippen MR) is 91.7 cm³/mol. The lowest BCUT2D eigenvalue weighted by Crippen LogP contribution is -2.35. The van der Waals surface area contributed by atoms with Crippen molar-refractivity contribution < 1.29 is 14.3 Å². The van der Waals surface area contributed by atoms with Gasteiger partial charge in [0.25, 0.3) is 5.91 Å². The van der Waals surface area contributed by atoms with E-state index >= 15 is 0 Å². The molecule has 1 fully saturated rings. The highest BCUT2D eigenvalue weighted by Gasteiger charge is 2.19. The Labute approximate surface area is 140 Å². The molecule has 0 saturated carbocycles. The Hall–Kier alpha value is -2.34. The molecule has 1 aliphatic heterocycles. The fourth-order valence-corrected chi connectivity index (χ4v) is 3.03. The van der Waals surface area contributed by atoms with Crippen molar-refractivity contribution in [3.63, 3.8) is 0 Å². The summed E-state index contributed by atoms with van der Waals surface area (Å²) in [6.45, 7) is 3.80. The van der Waals surface area contributed by atoms with E-state index in [9.17, 15) is 9.59 Å². The van der Waals surface area contributed by atoms with Gasteiger partial charge in [0.15, 0.2) is 0 Å². The van der Waals surface area contributed by atoms with Crippen LogP contribution in [-0.4, -0.2) is 36.8 Å². The number of nitrogens with zero attached hydrogens (tertiary/aromatic N) is 1. The Bertz CT molecular complexity index is 807. The van der Waals surface area contributed by atoms with E-state index in [1.54, 1.807) is 19.4 Å². The molecule has 1 aliphatic rings. The molecule has 6 heteroatoms. The molecule has 2 heterocycles. The van der Waals surface area contributed by atoms with Gasteiger partial charge in [-0.2, -0.15) is 0 Å². The largest absolute Gasteiger partial charge is 0.497 e. The van der Waals surface area contributed by atoms with E-state index in [1.165, 1.54) is 0 Å². The van der Waals surface area contributed by atoms with Gasteiger partial charge in [0.2, 0.25) is 5.43 Å². The van der Waals surface area contributed by atoms with Gasteiger partial charge in [-0.15, -0.1) is 0 Å². The Morgan fingerprint density at radius 2 is 2.29 bits per heavy atom. The van der Waals surface area contributed by atoms with E-state index in [-0.39, 0.29) is 23.0 Å². The number of methoxy groups -OCH3 is 1. The summed E-state index contributed by atoms with van der Waals surface area (Å²) in [5.74, 6) is 0.238.